The Balaban J connectivity index is 2.53. The third-order valence-corrected chi connectivity index (χ3v) is 16.4. The van der Waals surface area contributed by atoms with Crippen LogP contribution in [0.2, 0.25) is 36.3 Å². The van der Waals surface area contributed by atoms with E-state index >= 15 is 0 Å². The molecule has 1 aliphatic rings. The Morgan fingerprint density at radius 2 is 1.47 bits per heavy atom. The quantitative estimate of drug-likeness (QED) is 0.334. The van der Waals surface area contributed by atoms with Crippen molar-refractivity contribution in [2.75, 3.05) is 0 Å². The van der Waals surface area contributed by atoms with Crippen molar-refractivity contribution in [3.05, 3.63) is 54.3 Å². The van der Waals surface area contributed by atoms with E-state index < -0.39 is 22.7 Å². The van der Waals surface area contributed by atoms with Gasteiger partial charge in [-0.3, -0.25) is 4.79 Å². The zero-order valence-electron chi connectivity index (χ0n) is 21.8. The average molecular weight is 474 g/mol. The number of amides is 1. The predicted octanol–water partition coefficient (Wildman–Crippen LogP) is 6.52. The third kappa shape index (κ3) is 5.73. The monoisotopic (exact) mass is 473 g/mol. The lowest BCUT2D eigenvalue weighted by atomic mass is 10.1. The first-order chi connectivity index (χ1) is 14.5. The van der Waals surface area contributed by atoms with E-state index in [0.717, 1.165) is 5.56 Å². The Morgan fingerprint density at radius 3 is 1.94 bits per heavy atom. The van der Waals surface area contributed by atoms with E-state index in [2.05, 4.69) is 80.0 Å². The molecular weight excluding hydrogens is 430 g/mol. The van der Waals surface area contributed by atoms with Crippen molar-refractivity contribution >= 4 is 22.5 Å². The van der Waals surface area contributed by atoms with Crippen LogP contribution in [-0.2, 0) is 20.2 Å². The molecule has 1 heterocycles. The van der Waals surface area contributed by atoms with Gasteiger partial charge in [0.1, 0.15) is 6.10 Å². The predicted molar refractivity (Wildman–Crippen MR) is 139 cm³/mol. The molecule has 0 unspecified atom stereocenters. The number of carbonyl (C=O) groups is 1. The summed E-state index contributed by atoms with van der Waals surface area (Å²) in [7, 11) is -4.38. The fourth-order valence-corrected chi connectivity index (χ4v) is 5.86. The van der Waals surface area contributed by atoms with Crippen LogP contribution in [0.4, 0.5) is 0 Å². The van der Waals surface area contributed by atoms with Crippen LogP contribution in [0.25, 0.3) is 0 Å². The Morgan fingerprint density at radius 1 is 0.969 bits per heavy atom. The number of likely N-dealkylation sites (tertiary alicyclic amines) is 1. The number of hydrogen-bond donors (Lipinski definition) is 0. The molecule has 2 rings (SSSR count). The SMILES string of the molecule is C=C=C[C@@H]1[C@H](O[Si](C)(C)C(C)(C)C)[C@@H](O[Si](C)(C)C(C)(C)C)C(=O)N1Cc1ccccc1. The lowest BCUT2D eigenvalue weighted by molar-refractivity contribution is -0.135. The van der Waals surface area contributed by atoms with Gasteiger partial charge in [-0.15, -0.1) is 5.73 Å². The van der Waals surface area contributed by atoms with Crippen LogP contribution < -0.4 is 0 Å². The second-order valence-corrected chi connectivity index (χ2v) is 21.5. The van der Waals surface area contributed by atoms with Crippen LogP contribution in [0.15, 0.2) is 48.7 Å². The zero-order valence-corrected chi connectivity index (χ0v) is 23.8. The molecular formula is C26H43NO3Si2. The summed E-state index contributed by atoms with van der Waals surface area (Å²) in [4.78, 5) is 15.7. The third-order valence-electron chi connectivity index (χ3n) is 7.47. The summed E-state index contributed by atoms with van der Waals surface area (Å²) in [6.07, 6.45) is 0.881. The molecule has 3 atom stereocenters. The van der Waals surface area contributed by atoms with Gasteiger partial charge in [-0.25, -0.2) is 0 Å². The highest BCUT2D eigenvalue weighted by Gasteiger charge is 2.55. The summed E-state index contributed by atoms with van der Waals surface area (Å²) in [5.41, 5.74) is 4.02. The molecule has 0 spiro atoms. The first-order valence-electron chi connectivity index (χ1n) is 11.6. The van der Waals surface area contributed by atoms with Crippen molar-refractivity contribution in [3.8, 4) is 0 Å². The Kier molecular flexibility index (Phi) is 7.91. The minimum absolute atomic E-state index is 0.00103. The smallest absolute Gasteiger partial charge is 0.254 e. The number of carbonyl (C=O) groups excluding carboxylic acids is 1. The number of benzene rings is 1. The van der Waals surface area contributed by atoms with Gasteiger partial charge in [0.15, 0.2) is 22.7 Å². The number of hydrogen-bond acceptors (Lipinski definition) is 3. The van der Waals surface area contributed by atoms with Gasteiger partial charge >= 0.3 is 0 Å². The first-order valence-corrected chi connectivity index (χ1v) is 17.4. The van der Waals surface area contributed by atoms with Crippen molar-refractivity contribution < 1.29 is 13.6 Å². The van der Waals surface area contributed by atoms with Gasteiger partial charge in [0.25, 0.3) is 5.91 Å². The molecule has 0 N–H and O–H groups in total. The molecule has 1 aromatic rings. The van der Waals surface area contributed by atoms with Gasteiger partial charge in [0.2, 0.25) is 0 Å². The van der Waals surface area contributed by atoms with E-state index in [0.29, 0.717) is 6.54 Å². The van der Waals surface area contributed by atoms with Crippen molar-refractivity contribution in [3.63, 3.8) is 0 Å². The minimum Gasteiger partial charge on any atom is -0.408 e. The molecule has 1 aromatic carbocycles. The highest BCUT2D eigenvalue weighted by Crippen LogP contribution is 2.43. The van der Waals surface area contributed by atoms with Gasteiger partial charge in [-0.05, 0) is 47.9 Å². The maximum atomic E-state index is 13.8. The maximum absolute atomic E-state index is 13.8. The topological polar surface area (TPSA) is 38.8 Å². The molecule has 178 valence electrons. The fourth-order valence-electron chi connectivity index (χ4n) is 3.34. The second kappa shape index (κ2) is 9.43. The molecule has 0 bridgehead atoms. The van der Waals surface area contributed by atoms with Gasteiger partial charge in [0.05, 0.1) is 6.04 Å². The van der Waals surface area contributed by atoms with Gasteiger partial charge in [-0.2, -0.15) is 0 Å². The normalized spacial score (nSPS) is 22.8. The van der Waals surface area contributed by atoms with Gasteiger partial charge in [0, 0.05) is 6.54 Å². The summed E-state index contributed by atoms with van der Waals surface area (Å²) in [5.74, 6) is -0.00103. The molecule has 4 nitrogen and oxygen atoms in total. The molecule has 1 fully saturated rings. The molecule has 0 saturated carbocycles. The van der Waals surface area contributed by atoms with Crippen molar-refractivity contribution in [1.82, 2.24) is 4.90 Å². The molecule has 1 amide bonds. The van der Waals surface area contributed by atoms with Crippen LogP contribution >= 0.6 is 0 Å². The zero-order chi connectivity index (χ0) is 24.5. The van der Waals surface area contributed by atoms with Crippen LogP contribution in [0.3, 0.4) is 0 Å². The molecule has 1 saturated heterocycles. The summed E-state index contributed by atoms with van der Waals surface area (Å²) >= 11 is 0. The maximum Gasteiger partial charge on any atom is 0.254 e. The number of rotatable bonds is 7. The standard InChI is InChI=1S/C26H43NO3Si2/c1-12-16-21-22(29-31(8,9)25(2,3)4)23(30-32(10,11)26(5,6)7)24(28)27(21)19-20-17-14-13-15-18-20/h13-18,21-23H,1,19H2,2-11H3/t21-,22+,23-/m1/s1. The van der Waals surface area contributed by atoms with E-state index in [1.807, 2.05) is 41.3 Å². The highest BCUT2D eigenvalue weighted by atomic mass is 28.4. The van der Waals surface area contributed by atoms with Crippen LogP contribution in [0, 0.1) is 0 Å². The van der Waals surface area contributed by atoms with E-state index in [-0.39, 0.29) is 28.1 Å². The lowest BCUT2D eigenvalue weighted by Gasteiger charge is -2.43. The van der Waals surface area contributed by atoms with Crippen molar-refractivity contribution in [1.29, 1.82) is 0 Å². The largest absolute Gasteiger partial charge is 0.408 e. The average Bonchev–Trinajstić information content (AvgIpc) is 2.86. The summed E-state index contributed by atoms with van der Waals surface area (Å²) in [6.45, 7) is 26.4. The Labute approximate surface area is 198 Å². The molecule has 32 heavy (non-hydrogen) atoms. The van der Waals surface area contributed by atoms with E-state index in [9.17, 15) is 4.79 Å². The van der Waals surface area contributed by atoms with Crippen LogP contribution in [-0.4, -0.2) is 45.7 Å². The minimum atomic E-state index is -2.21. The van der Waals surface area contributed by atoms with E-state index in [1.54, 1.807) is 0 Å². The van der Waals surface area contributed by atoms with E-state index in [4.69, 9.17) is 8.85 Å². The molecule has 0 radical (unpaired) electrons. The van der Waals surface area contributed by atoms with Gasteiger partial charge in [-0.1, -0.05) is 78.5 Å². The second-order valence-electron chi connectivity index (χ2n) is 12.0. The van der Waals surface area contributed by atoms with Gasteiger partial charge < -0.3 is 13.8 Å². The molecule has 0 aromatic heterocycles. The fraction of sp³-hybridized carbons (Fsp3) is 0.615. The first kappa shape index (κ1) is 26.8. The highest BCUT2D eigenvalue weighted by molar-refractivity contribution is 6.74. The Bertz CT molecular complexity index is 846. The molecule has 0 aliphatic carbocycles. The molecule has 1 aliphatic heterocycles. The molecule has 6 heteroatoms. The van der Waals surface area contributed by atoms with E-state index in [1.165, 1.54) is 0 Å². The Hall–Kier alpha value is -1.44. The van der Waals surface area contributed by atoms with Crippen molar-refractivity contribution in [2.45, 2.75) is 103 Å². The number of nitrogens with zero attached hydrogens (tertiary/aromatic N) is 1. The van der Waals surface area contributed by atoms with Crippen LogP contribution in [0.1, 0.15) is 47.1 Å². The summed E-state index contributed by atoms with van der Waals surface area (Å²) < 4.78 is 13.7. The lowest BCUT2D eigenvalue weighted by Crippen LogP contribution is -2.53. The summed E-state index contributed by atoms with van der Waals surface area (Å²) in [6, 6.07) is 9.83. The summed E-state index contributed by atoms with van der Waals surface area (Å²) in [5, 5.41) is 0.0122. The van der Waals surface area contributed by atoms with Crippen LogP contribution in [0.5, 0.6) is 0 Å². The van der Waals surface area contributed by atoms with Crippen molar-refractivity contribution in [2.24, 2.45) is 0 Å².